The van der Waals surface area contributed by atoms with E-state index in [1.165, 1.54) is 12.8 Å². The molecule has 0 radical (unpaired) electrons. The predicted molar refractivity (Wildman–Crippen MR) is 78.8 cm³/mol. The van der Waals surface area contributed by atoms with Crippen LogP contribution in [0.4, 0.5) is 0 Å². The second kappa shape index (κ2) is 8.20. The lowest BCUT2D eigenvalue weighted by Crippen LogP contribution is -2.53. The van der Waals surface area contributed by atoms with Crippen LogP contribution in [0.3, 0.4) is 0 Å². The molecule has 0 spiro atoms. The minimum absolute atomic E-state index is 0. The van der Waals surface area contributed by atoms with Gasteiger partial charge in [-0.15, -0.1) is 24.8 Å². The van der Waals surface area contributed by atoms with Crippen LogP contribution < -0.4 is 5.32 Å². The summed E-state index contributed by atoms with van der Waals surface area (Å²) in [6.07, 6.45) is 2.47. The number of hydrogen-bond donors (Lipinski definition) is 1. The molecule has 0 aromatic rings. The van der Waals surface area contributed by atoms with E-state index in [0.29, 0.717) is 6.04 Å². The lowest BCUT2D eigenvalue weighted by molar-refractivity contribution is -0.134. The van der Waals surface area contributed by atoms with E-state index in [1.54, 1.807) is 0 Å². The van der Waals surface area contributed by atoms with Gasteiger partial charge in [-0.05, 0) is 26.3 Å². The zero-order valence-corrected chi connectivity index (χ0v) is 12.9. The first-order chi connectivity index (χ1) is 7.70. The maximum Gasteiger partial charge on any atom is 0.239 e. The molecule has 4 nitrogen and oxygen atoms in total. The number of nitrogens with zero attached hydrogens (tertiary/aromatic N) is 2. The number of hydrogen-bond acceptors (Lipinski definition) is 3. The first-order valence-corrected chi connectivity index (χ1v) is 6.48. The van der Waals surface area contributed by atoms with Crippen molar-refractivity contribution in [1.82, 2.24) is 15.1 Å². The molecule has 0 aromatic heterocycles. The fraction of sp³-hybridized carbons (Fsp3) is 0.917. The minimum atomic E-state index is 0. The Balaban J connectivity index is 0.00000144. The highest BCUT2D eigenvalue weighted by Gasteiger charge is 2.29. The molecule has 1 atom stereocenters. The number of carbonyl (C=O) groups is 1. The summed E-state index contributed by atoms with van der Waals surface area (Å²) in [4.78, 5) is 16.5. The summed E-state index contributed by atoms with van der Waals surface area (Å²) in [6, 6.07) is 0.608. The number of piperazine rings is 1. The van der Waals surface area contributed by atoms with E-state index in [2.05, 4.69) is 17.1 Å². The van der Waals surface area contributed by atoms with Crippen LogP contribution in [0.1, 0.15) is 26.7 Å². The topological polar surface area (TPSA) is 35.6 Å². The SMILES string of the molecule is CCN1CCN(C(=O)C(C)NC2CC2)CC1.Cl.Cl. The highest BCUT2D eigenvalue weighted by atomic mass is 35.5. The average Bonchev–Trinajstić information content (AvgIpc) is 3.12. The molecule has 2 fully saturated rings. The molecular formula is C12H25Cl2N3O. The molecule has 1 unspecified atom stereocenters. The van der Waals surface area contributed by atoms with Gasteiger partial charge in [0.25, 0.3) is 0 Å². The quantitative estimate of drug-likeness (QED) is 0.845. The second-order valence-corrected chi connectivity index (χ2v) is 4.92. The Morgan fingerprint density at radius 3 is 2.22 bits per heavy atom. The van der Waals surface area contributed by atoms with Gasteiger partial charge in [0, 0.05) is 32.2 Å². The van der Waals surface area contributed by atoms with Gasteiger partial charge in [0.05, 0.1) is 6.04 Å². The maximum atomic E-state index is 12.1. The van der Waals surface area contributed by atoms with E-state index in [1.807, 2.05) is 11.8 Å². The molecule has 108 valence electrons. The minimum Gasteiger partial charge on any atom is -0.339 e. The van der Waals surface area contributed by atoms with Crippen LogP contribution in [0, 0.1) is 0 Å². The molecule has 2 aliphatic rings. The number of nitrogens with one attached hydrogen (secondary N) is 1. The largest absolute Gasteiger partial charge is 0.339 e. The Bertz CT molecular complexity index is 254. The van der Waals surface area contributed by atoms with E-state index in [4.69, 9.17) is 0 Å². The monoisotopic (exact) mass is 297 g/mol. The van der Waals surface area contributed by atoms with Crippen LogP contribution in [0.15, 0.2) is 0 Å². The van der Waals surface area contributed by atoms with Gasteiger partial charge < -0.3 is 15.1 Å². The van der Waals surface area contributed by atoms with Gasteiger partial charge in [-0.3, -0.25) is 4.79 Å². The molecule has 1 saturated heterocycles. The third-order valence-corrected chi connectivity index (χ3v) is 3.56. The second-order valence-electron chi connectivity index (χ2n) is 4.92. The smallest absolute Gasteiger partial charge is 0.239 e. The molecule has 1 amide bonds. The molecule has 6 heteroatoms. The molecule has 18 heavy (non-hydrogen) atoms. The van der Waals surface area contributed by atoms with Gasteiger partial charge in [0.2, 0.25) is 5.91 Å². The number of likely N-dealkylation sites (N-methyl/N-ethyl adjacent to an activating group) is 1. The van der Waals surface area contributed by atoms with Crippen molar-refractivity contribution >= 4 is 30.7 Å². The van der Waals surface area contributed by atoms with Crippen LogP contribution in [0.5, 0.6) is 0 Å². The van der Waals surface area contributed by atoms with Crippen LogP contribution in [-0.2, 0) is 4.79 Å². The van der Waals surface area contributed by atoms with Crippen molar-refractivity contribution in [3.63, 3.8) is 0 Å². The van der Waals surface area contributed by atoms with Gasteiger partial charge >= 0.3 is 0 Å². The molecule has 1 aliphatic carbocycles. The zero-order valence-electron chi connectivity index (χ0n) is 11.2. The van der Waals surface area contributed by atoms with Gasteiger partial charge in [-0.25, -0.2) is 0 Å². The molecule has 1 saturated carbocycles. The van der Waals surface area contributed by atoms with Crippen LogP contribution in [0.2, 0.25) is 0 Å². The van der Waals surface area contributed by atoms with Gasteiger partial charge in [-0.1, -0.05) is 6.92 Å². The fourth-order valence-corrected chi connectivity index (χ4v) is 2.23. The highest BCUT2D eigenvalue weighted by molar-refractivity contribution is 5.85. The Labute approximate surface area is 122 Å². The summed E-state index contributed by atoms with van der Waals surface area (Å²) < 4.78 is 0. The highest BCUT2D eigenvalue weighted by Crippen LogP contribution is 2.19. The number of carbonyl (C=O) groups excluding carboxylic acids is 1. The van der Waals surface area contributed by atoms with Crippen molar-refractivity contribution < 1.29 is 4.79 Å². The molecule has 1 N–H and O–H groups in total. The third-order valence-electron chi connectivity index (χ3n) is 3.56. The Morgan fingerprint density at radius 1 is 1.22 bits per heavy atom. The van der Waals surface area contributed by atoms with E-state index in [9.17, 15) is 4.79 Å². The van der Waals surface area contributed by atoms with Crippen molar-refractivity contribution in [3.05, 3.63) is 0 Å². The van der Waals surface area contributed by atoms with Crippen molar-refractivity contribution in [2.45, 2.75) is 38.8 Å². The predicted octanol–water partition coefficient (Wildman–Crippen LogP) is 1.13. The van der Waals surface area contributed by atoms with Crippen LogP contribution in [-0.4, -0.2) is 60.5 Å². The lowest BCUT2D eigenvalue weighted by atomic mass is 10.2. The first-order valence-electron chi connectivity index (χ1n) is 6.48. The number of amides is 1. The first kappa shape index (κ1) is 18.0. The van der Waals surface area contributed by atoms with Crippen molar-refractivity contribution in [2.24, 2.45) is 0 Å². The average molecular weight is 298 g/mol. The van der Waals surface area contributed by atoms with E-state index in [-0.39, 0.29) is 36.8 Å². The number of halogens is 2. The van der Waals surface area contributed by atoms with Gasteiger partial charge in [0.1, 0.15) is 0 Å². The standard InChI is InChI=1S/C12H23N3O.2ClH/c1-3-14-6-8-15(9-7-14)12(16)10(2)13-11-4-5-11;;/h10-11,13H,3-9H2,1-2H3;2*1H. The van der Waals surface area contributed by atoms with Crippen LogP contribution >= 0.6 is 24.8 Å². The molecule has 0 bridgehead atoms. The normalized spacial score (nSPS) is 21.8. The van der Waals surface area contributed by atoms with E-state index < -0.39 is 0 Å². The Morgan fingerprint density at radius 2 is 1.78 bits per heavy atom. The summed E-state index contributed by atoms with van der Waals surface area (Å²) in [5, 5.41) is 3.37. The molecular weight excluding hydrogens is 273 g/mol. The van der Waals surface area contributed by atoms with E-state index >= 15 is 0 Å². The summed E-state index contributed by atoms with van der Waals surface area (Å²) in [5.74, 6) is 0.280. The molecule has 1 aliphatic heterocycles. The maximum absolute atomic E-state index is 12.1. The van der Waals surface area contributed by atoms with Crippen molar-refractivity contribution in [1.29, 1.82) is 0 Å². The summed E-state index contributed by atoms with van der Waals surface area (Å²) in [7, 11) is 0. The molecule has 2 rings (SSSR count). The third kappa shape index (κ3) is 4.92. The van der Waals surface area contributed by atoms with Crippen molar-refractivity contribution in [3.8, 4) is 0 Å². The molecule has 0 aromatic carbocycles. The van der Waals surface area contributed by atoms with E-state index in [0.717, 1.165) is 32.7 Å². The summed E-state index contributed by atoms with van der Waals surface area (Å²) in [5.41, 5.74) is 0. The van der Waals surface area contributed by atoms with Gasteiger partial charge in [-0.2, -0.15) is 0 Å². The van der Waals surface area contributed by atoms with Gasteiger partial charge in [0.15, 0.2) is 0 Å². The fourth-order valence-electron chi connectivity index (χ4n) is 2.23. The lowest BCUT2D eigenvalue weighted by Gasteiger charge is -2.35. The number of rotatable bonds is 4. The van der Waals surface area contributed by atoms with Crippen molar-refractivity contribution in [2.75, 3.05) is 32.7 Å². The molecule has 1 heterocycles. The zero-order chi connectivity index (χ0) is 11.5. The van der Waals surface area contributed by atoms with Crippen LogP contribution in [0.25, 0.3) is 0 Å². The Kier molecular flexibility index (Phi) is 8.19. The summed E-state index contributed by atoms with van der Waals surface area (Å²) >= 11 is 0. The summed E-state index contributed by atoms with van der Waals surface area (Å²) in [6.45, 7) is 9.10. The Hall–Kier alpha value is -0.0300.